The fourth-order valence-electron chi connectivity index (χ4n) is 3.23. The summed E-state index contributed by atoms with van der Waals surface area (Å²) in [6.45, 7) is 7.32. The van der Waals surface area contributed by atoms with Crippen LogP contribution in [0.4, 0.5) is 0 Å². The topological polar surface area (TPSA) is 77.8 Å². The Hall–Kier alpha value is -2.14. The van der Waals surface area contributed by atoms with Crippen molar-refractivity contribution in [3.63, 3.8) is 0 Å². The second-order valence-electron chi connectivity index (χ2n) is 5.38. The highest BCUT2D eigenvalue weighted by Gasteiger charge is 2.36. The molecule has 2 N–H and O–H groups in total. The summed E-state index contributed by atoms with van der Waals surface area (Å²) in [6.07, 6.45) is 3.39. The maximum Gasteiger partial charge on any atom is 0.414 e. The van der Waals surface area contributed by atoms with Crippen molar-refractivity contribution in [3.05, 3.63) is 48.0 Å². The number of fused-ring (bicyclic) bond motifs is 5. The Balaban J connectivity index is 0.000000232. The summed E-state index contributed by atoms with van der Waals surface area (Å²) in [7, 11) is 0. The first-order chi connectivity index (χ1) is 10.0. The van der Waals surface area contributed by atoms with Gasteiger partial charge in [0.15, 0.2) is 0 Å². The highest BCUT2D eigenvalue weighted by atomic mass is 16.4. The third kappa shape index (κ3) is 3.49. The highest BCUT2D eigenvalue weighted by Crippen LogP contribution is 2.45. The maximum absolute atomic E-state index is 9.10. The fourth-order valence-corrected chi connectivity index (χ4v) is 3.23. The van der Waals surface area contributed by atoms with Crippen molar-refractivity contribution in [1.29, 1.82) is 0 Å². The van der Waals surface area contributed by atoms with Gasteiger partial charge in [-0.15, -0.1) is 6.58 Å². The summed E-state index contributed by atoms with van der Waals surface area (Å²) >= 11 is 0. The van der Waals surface area contributed by atoms with Gasteiger partial charge in [0.25, 0.3) is 0 Å². The molecule has 2 atom stereocenters. The molecule has 2 unspecified atom stereocenters. The lowest BCUT2D eigenvalue weighted by Gasteiger charge is -2.31. The van der Waals surface area contributed by atoms with Crippen molar-refractivity contribution in [2.24, 2.45) is 0 Å². The minimum Gasteiger partial charge on any atom is -0.473 e. The van der Waals surface area contributed by atoms with Gasteiger partial charge in [-0.3, -0.25) is 4.90 Å². The van der Waals surface area contributed by atoms with Crippen LogP contribution in [0.15, 0.2) is 36.9 Å². The number of benzene rings is 1. The molecule has 5 heteroatoms. The molecule has 1 saturated heterocycles. The second-order valence-corrected chi connectivity index (χ2v) is 5.38. The first-order valence-corrected chi connectivity index (χ1v) is 6.91. The van der Waals surface area contributed by atoms with Gasteiger partial charge >= 0.3 is 11.9 Å². The van der Waals surface area contributed by atoms with E-state index in [0.29, 0.717) is 0 Å². The number of carboxylic acids is 2. The Bertz CT molecular complexity index is 512. The lowest BCUT2D eigenvalue weighted by atomic mass is 9.96. The SMILES string of the molecule is C=CCN1CC2CC(C1)c1ccccc12.O=C(O)C(=O)O. The number of piperidine rings is 1. The molecule has 0 spiro atoms. The molecule has 1 aliphatic carbocycles. The fraction of sp³-hybridized carbons (Fsp3) is 0.375. The van der Waals surface area contributed by atoms with Crippen LogP contribution < -0.4 is 0 Å². The smallest absolute Gasteiger partial charge is 0.414 e. The van der Waals surface area contributed by atoms with E-state index >= 15 is 0 Å². The van der Waals surface area contributed by atoms with E-state index in [-0.39, 0.29) is 0 Å². The van der Waals surface area contributed by atoms with E-state index < -0.39 is 11.9 Å². The van der Waals surface area contributed by atoms with Crippen molar-refractivity contribution in [2.45, 2.75) is 18.3 Å². The zero-order valence-corrected chi connectivity index (χ0v) is 11.7. The number of hydrogen-bond acceptors (Lipinski definition) is 3. The minimum absolute atomic E-state index is 0.778. The third-order valence-electron chi connectivity index (χ3n) is 3.97. The molecule has 1 aromatic rings. The van der Waals surface area contributed by atoms with Crippen molar-refractivity contribution < 1.29 is 19.8 Å². The van der Waals surface area contributed by atoms with Crippen molar-refractivity contribution >= 4 is 11.9 Å². The van der Waals surface area contributed by atoms with E-state index in [2.05, 4.69) is 35.7 Å². The van der Waals surface area contributed by atoms with Crippen LogP contribution in [0.5, 0.6) is 0 Å². The number of carboxylic acid groups (broad SMARTS) is 2. The molecule has 1 fully saturated rings. The Labute approximate surface area is 123 Å². The molecule has 2 bridgehead atoms. The Morgan fingerprint density at radius 2 is 1.62 bits per heavy atom. The van der Waals surface area contributed by atoms with E-state index in [1.165, 1.54) is 19.5 Å². The van der Waals surface area contributed by atoms with Crippen LogP contribution >= 0.6 is 0 Å². The number of hydrogen-bond donors (Lipinski definition) is 2. The molecule has 2 aliphatic rings. The van der Waals surface area contributed by atoms with Gasteiger partial charge in [-0.1, -0.05) is 30.3 Å². The van der Waals surface area contributed by atoms with Gasteiger partial charge in [0.2, 0.25) is 0 Å². The summed E-state index contributed by atoms with van der Waals surface area (Å²) in [6, 6.07) is 8.99. The molecule has 0 amide bonds. The normalized spacial score (nSPS) is 22.7. The Kier molecular flexibility index (Phi) is 4.75. The monoisotopic (exact) mass is 289 g/mol. The van der Waals surface area contributed by atoms with E-state index in [1.54, 1.807) is 11.1 Å². The summed E-state index contributed by atoms with van der Waals surface area (Å²) in [5.41, 5.74) is 3.21. The summed E-state index contributed by atoms with van der Waals surface area (Å²) < 4.78 is 0. The summed E-state index contributed by atoms with van der Waals surface area (Å²) in [5.74, 6) is -2.09. The lowest BCUT2D eigenvalue weighted by Crippen LogP contribution is -2.34. The van der Waals surface area contributed by atoms with Gasteiger partial charge in [0.05, 0.1) is 0 Å². The van der Waals surface area contributed by atoms with Gasteiger partial charge in [-0.05, 0) is 29.4 Å². The van der Waals surface area contributed by atoms with Crippen LogP contribution in [0.25, 0.3) is 0 Å². The van der Waals surface area contributed by atoms with Crippen molar-refractivity contribution in [2.75, 3.05) is 19.6 Å². The summed E-state index contributed by atoms with van der Waals surface area (Å²) in [5, 5.41) is 14.8. The molecular formula is C16H19NO4. The lowest BCUT2D eigenvalue weighted by molar-refractivity contribution is -0.159. The number of likely N-dealkylation sites (tertiary alicyclic amines) is 1. The molecule has 1 heterocycles. The molecule has 1 aliphatic heterocycles. The number of aliphatic carboxylic acids is 2. The van der Waals surface area contributed by atoms with Crippen molar-refractivity contribution in [3.8, 4) is 0 Å². The molecule has 0 radical (unpaired) electrons. The van der Waals surface area contributed by atoms with E-state index in [9.17, 15) is 0 Å². The quantitative estimate of drug-likeness (QED) is 0.642. The first-order valence-electron chi connectivity index (χ1n) is 6.91. The Morgan fingerprint density at radius 1 is 1.14 bits per heavy atom. The van der Waals surface area contributed by atoms with Crippen LogP contribution in [0.1, 0.15) is 29.4 Å². The van der Waals surface area contributed by atoms with Gasteiger partial charge in [-0.25, -0.2) is 9.59 Å². The predicted octanol–water partition coefficient (Wildman–Crippen LogP) is 1.91. The third-order valence-corrected chi connectivity index (χ3v) is 3.97. The van der Waals surface area contributed by atoms with Crippen LogP contribution in [0.3, 0.4) is 0 Å². The maximum atomic E-state index is 9.10. The average molecular weight is 289 g/mol. The summed E-state index contributed by atoms with van der Waals surface area (Å²) in [4.78, 5) is 20.7. The van der Waals surface area contributed by atoms with Crippen molar-refractivity contribution in [1.82, 2.24) is 4.90 Å². The zero-order chi connectivity index (χ0) is 15.4. The zero-order valence-electron chi connectivity index (χ0n) is 11.7. The number of nitrogens with zero attached hydrogens (tertiary/aromatic N) is 1. The van der Waals surface area contributed by atoms with Gasteiger partial charge in [0, 0.05) is 19.6 Å². The standard InChI is InChI=1S/C14H17N.C2H2O4/c1-2-7-15-9-11-8-12(10-15)14-6-4-3-5-13(11)14;3-1(4)2(5)6/h2-6,11-12H,1,7-10H2;(H,3,4)(H,5,6). The Morgan fingerprint density at radius 3 is 2.00 bits per heavy atom. The van der Waals surface area contributed by atoms with E-state index in [1.807, 2.05) is 6.08 Å². The largest absolute Gasteiger partial charge is 0.473 e. The van der Waals surface area contributed by atoms with Crippen LogP contribution in [0.2, 0.25) is 0 Å². The van der Waals surface area contributed by atoms with Gasteiger partial charge < -0.3 is 10.2 Å². The van der Waals surface area contributed by atoms with Crippen LogP contribution in [-0.2, 0) is 9.59 Å². The molecule has 3 rings (SSSR count). The molecule has 112 valence electrons. The van der Waals surface area contributed by atoms with Crippen LogP contribution in [-0.4, -0.2) is 46.7 Å². The number of rotatable bonds is 2. The predicted molar refractivity (Wildman–Crippen MR) is 78.4 cm³/mol. The molecule has 21 heavy (non-hydrogen) atoms. The molecule has 0 saturated carbocycles. The highest BCUT2D eigenvalue weighted by molar-refractivity contribution is 6.27. The van der Waals surface area contributed by atoms with Gasteiger partial charge in [-0.2, -0.15) is 0 Å². The second kappa shape index (κ2) is 6.54. The molecular weight excluding hydrogens is 270 g/mol. The van der Waals surface area contributed by atoms with Gasteiger partial charge in [0.1, 0.15) is 0 Å². The molecule has 0 aromatic heterocycles. The average Bonchev–Trinajstić information content (AvgIpc) is 2.72. The minimum atomic E-state index is -1.82. The van der Waals surface area contributed by atoms with Crippen LogP contribution in [0, 0.1) is 0 Å². The van der Waals surface area contributed by atoms with E-state index in [0.717, 1.165) is 18.4 Å². The molecule has 1 aromatic carbocycles. The van der Waals surface area contributed by atoms with E-state index in [4.69, 9.17) is 19.8 Å². The molecule has 5 nitrogen and oxygen atoms in total. The number of carbonyl (C=O) groups is 2. The first kappa shape index (κ1) is 15.3.